The van der Waals surface area contributed by atoms with Gasteiger partial charge in [0.05, 0.1) is 0 Å². The molecule has 0 atom stereocenters. The van der Waals surface area contributed by atoms with Gasteiger partial charge in [0.2, 0.25) is 0 Å². The summed E-state index contributed by atoms with van der Waals surface area (Å²) in [5, 5.41) is 6.89. The summed E-state index contributed by atoms with van der Waals surface area (Å²) in [6.45, 7) is 6.05. The zero-order valence-electron chi connectivity index (χ0n) is 14.3. The highest BCUT2D eigenvalue weighted by molar-refractivity contribution is 6.29. The van der Waals surface area contributed by atoms with Crippen molar-refractivity contribution in [2.24, 2.45) is 0 Å². The van der Waals surface area contributed by atoms with Crippen LogP contribution in [0.1, 0.15) is 19.5 Å². The summed E-state index contributed by atoms with van der Waals surface area (Å²) in [5.41, 5.74) is 1.63. The van der Waals surface area contributed by atoms with E-state index in [0.29, 0.717) is 28.4 Å². The summed E-state index contributed by atoms with van der Waals surface area (Å²) in [6.07, 6.45) is 0. The molecule has 0 spiro atoms. The van der Waals surface area contributed by atoms with Gasteiger partial charge < -0.3 is 10.6 Å². The van der Waals surface area contributed by atoms with Gasteiger partial charge in [0, 0.05) is 17.8 Å². The first-order valence-electron chi connectivity index (χ1n) is 7.99. The fourth-order valence-electron chi connectivity index (χ4n) is 2.27. The number of hydrogen-bond donors (Lipinski definition) is 2. The number of aromatic nitrogens is 4. The molecule has 3 aromatic heterocycles. The maximum absolute atomic E-state index is 5.95. The van der Waals surface area contributed by atoms with Gasteiger partial charge in [-0.1, -0.05) is 23.7 Å². The molecule has 0 aromatic carbocycles. The van der Waals surface area contributed by atoms with Crippen molar-refractivity contribution < 1.29 is 0 Å². The molecule has 3 aromatic rings. The van der Waals surface area contributed by atoms with Crippen LogP contribution in [0.4, 0.5) is 17.5 Å². The van der Waals surface area contributed by atoms with E-state index < -0.39 is 0 Å². The van der Waals surface area contributed by atoms with Gasteiger partial charge >= 0.3 is 0 Å². The van der Waals surface area contributed by atoms with E-state index in [1.807, 2.05) is 43.3 Å². The first kappa shape index (κ1) is 17.1. The molecule has 0 aliphatic rings. The SMILES string of the molecule is Cc1cccc(-c2nc(Nc3cccc(Cl)n3)cc(NC(C)C)n2)n1. The largest absolute Gasteiger partial charge is 0.368 e. The Labute approximate surface area is 151 Å². The van der Waals surface area contributed by atoms with Gasteiger partial charge in [-0.15, -0.1) is 0 Å². The van der Waals surface area contributed by atoms with Crippen molar-refractivity contribution in [1.29, 1.82) is 0 Å². The number of nitrogens with zero attached hydrogens (tertiary/aromatic N) is 4. The zero-order valence-corrected chi connectivity index (χ0v) is 15.0. The van der Waals surface area contributed by atoms with Crippen LogP contribution in [0, 0.1) is 6.92 Å². The molecule has 0 aliphatic heterocycles. The van der Waals surface area contributed by atoms with E-state index in [4.69, 9.17) is 11.6 Å². The van der Waals surface area contributed by atoms with Crippen LogP contribution in [0.5, 0.6) is 0 Å². The van der Waals surface area contributed by atoms with E-state index >= 15 is 0 Å². The minimum absolute atomic E-state index is 0.241. The molecule has 0 saturated heterocycles. The fraction of sp³-hybridized carbons (Fsp3) is 0.222. The van der Waals surface area contributed by atoms with Crippen molar-refractivity contribution in [3.8, 4) is 11.5 Å². The number of halogens is 1. The van der Waals surface area contributed by atoms with Gasteiger partial charge in [-0.25, -0.2) is 19.9 Å². The molecular weight excluding hydrogens is 336 g/mol. The Kier molecular flexibility index (Phi) is 5.09. The Hall–Kier alpha value is -2.73. The number of nitrogens with one attached hydrogen (secondary N) is 2. The Morgan fingerprint density at radius 3 is 2.36 bits per heavy atom. The highest BCUT2D eigenvalue weighted by Gasteiger charge is 2.10. The quantitative estimate of drug-likeness (QED) is 0.659. The minimum atomic E-state index is 0.241. The molecule has 0 saturated carbocycles. The van der Waals surface area contributed by atoms with Gasteiger partial charge in [0.25, 0.3) is 0 Å². The van der Waals surface area contributed by atoms with E-state index in [1.165, 1.54) is 0 Å². The van der Waals surface area contributed by atoms with Crippen LogP contribution >= 0.6 is 11.6 Å². The smallest absolute Gasteiger partial charge is 0.182 e. The van der Waals surface area contributed by atoms with Gasteiger partial charge in [-0.2, -0.15) is 0 Å². The van der Waals surface area contributed by atoms with Crippen molar-refractivity contribution >= 4 is 29.1 Å². The van der Waals surface area contributed by atoms with Crippen molar-refractivity contribution in [3.63, 3.8) is 0 Å². The van der Waals surface area contributed by atoms with Crippen LogP contribution in [0.3, 0.4) is 0 Å². The van der Waals surface area contributed by atoms with E-state index in [-0.39, 0.29) is 6.04 Å². The lowest BCUT2D eigenvalue weighted by molar-refractivity contribution is 0.887. The van der Waals surface area contributed by atoms with Gasteiger partial charge in [-0.05, 0) is 45.0 Å². The molecule has 0 radical (unpaired) electrons. The number of aryl methyl sites for hydroxylation is 1. The summed E-state index contributed by atoms with van der Waals surface area (Å²) in [5.74, 6) is 2.49. The van der Waals surface area contributed by atoms with Crippen molar-refractivity contribution in [3.05, 3.63) is 53.3 Å². The molecule has 0 bridgehead atoms. The average Bonchev–Trinajstić information content (AvgIpc) is 2.54. The lowest BCUT2D eigenvalue weighted by Crippen LogP contribution is -2.12. The summed E-state index contributed by atoms with van der Waals surface area (Å²) in [6, 6.07) is 13.2. The number of pyridine rings is 2. The second-order valence-corrected chi connectivity index (χ2v) is 6.28. The topological polar surface area (TPSA) is 75.6 Å². The lowest BCUT2D eigenvalue weighted by atomic mass is 10.3. The molecule has 0 aliphatic carbocycles. The Morgan fingerprint density at radius 2 is 1.64 bits per heavy atom. The standard InChI is InChI=1S/C18H19ClN6/c1-11(2)20-16-10-17(23-15-9-5-8-14(19)22-15)25-18(24-16)13-7-4-6-12(3)21-13/h4-11H,1-3H3,(H2,20,22,23,24,25). The Morgan fingerprint density at radius 1 is 0.880 bits per heavy atom. The molecule has 0 unspecified atom stereocenters. The lowest BCUT2D eigenvalue weighted by Gasteiger charge is -2.13. The maximum atomic E-state index is 5.95. The molecule has 0 fully saturated rings. The molecule has 7 heteroatoms. The van der Waals surface area contributed by atoms with Crippen molar-refractivity contribution in [2.45, 2.75) is 26.8 Å². The molecule has 0 amide bonds. The van der Waals surface area contributed by atoms with E-state index in [1.54, 1.807) is 6.07 Å². The summed E-state index contributed by atoms with van der Waals surface area (Å²) < 4.78 is 0. The van der Waals surface area contributed by atoms with Crippen LogP contribution in [0.25, 0.3) is 11.5 Å². The molecule has 2 N–H and O–H groups in total. The second kappa shape index (κ2) is 7.44. The highest BCUT2D eigenvalue weighted by atomic mass is 35.5. The van der Waals surface area contributed by atoms with Gasteiger partial charge in [0.1, 0.15) is 28.3 Å². The number of anilines is 3. The van der Waals surface area contributed by atoms with Gasteiger partial charge in [-0.3, -0.25) is 0 Å². The molecule has 6 nitrogen and oxygen atoms in total. The predicted molar refractivity (Wildman–Crippen MR) is 101 cm³/mol. The predicted octanol–water partition coefficient (Wildman–Crippen LogP) is 4.46. The molecule has 3 heterocycles. The number of rotatable bonds is 5. The highest BCUT2D eigenvalue weighted by Crippen LogP contribution is 2.22. The summed E-state index contributed by atoms with van der Waals surface area (Å²) in [4.78, 5) is 17.9. The zero-order chi connectivity index (χ0) is 17.8. The first-order chi connectivity index (χ1) is 12.0. The van der Waals surface area contributed by atoms with Gasteiger partial charge in [0.15, 0.2) is 5.82 Å². The molecule has 128 valence electrons. The Balaban J connectivity index is 2.00. The minimum Gasteiger partial charge on any atom is -0.368 e. The van der Waals surface area contributed by atoms with Crippen molar-refractivity contribution in [1.82, 2.24) is 19.9 Å². The van der Waals surface area contributed by atoms with Crippen LogP contribution < -0.4 is 10.6 Å². The van der Waals surface area contributed by atoms with E-state index in [9.17, 15) is 0 Å². The third kappa shape index (κ3) is 4.64. The Bertz CT molecular complexity index is 881. The average molecular weight is 355 g/mol. The third-order valence-electron chi connectivity index (χ3n) is 3.25. The normalized spacial score (nSPS) is 10.8. The molecule has 25 heavy (non-hydrogen) atoms. The first-order valence-corrected chi connectivity index (χ1v) is 8.36. The molecular formula is C18H19ClN6. The second-order valence-electron chi connectivity index (χ2n) is 5.90. The van der Waals surface area contributed by atoms with Crippen LogP contribution in [-0.2, 0) is 0 Å². The van der Waals surface area contributed by atoms with Crippen molar-refractivity contribution in [2.75, 3.05) is 10.6 Å². The third-order valence-corrected chi connectivity index (χ3v) is 3.46. The van der Waals surface area contributed by atoms with E-state index in [0.717, 1.165) is 11.4 Å². The monoisotopic (exact) mass is 354 g/mol. The summed E-state index contributed by atoms with van der Waals surface area (Å²) >= 11 is 5.95. The van der Waals surface area contributed by atoms with E-state index in [2.05, 4.69) is 44.4 Å². The molecule has 3 rings (SSSR count). The fourth-order valence-corrected chi connectivity index (χ4v) is 2.44. The number of hydrogen-bond acceptors (Lipinski definition) is 6. The van der Waals surface area contributed by atoms with Crippen LogP contribution in [0.15, 0.2) is 42.5 Å². The van der Waals surface area contributed by atoms with Crippen LogP contribution in [0.2, 0.25) is 5.15 Å². The maximum Gasteiger partial charge on any atom is 0.182 e. The van der Waals surface area contributed by atoms with Crippen LogP contribution in [-0.4, -0.2) is 26.0 Å². The summed E-state index contributed by atoms with van der Waals surface area (Å²) in [7, 11) is 0.